The molecule has 4 N–H and O–H groups in total. The third kappa shape index (κ3) is 4.39. The van der Waals surface area contributed by atoms with Crippen LogP contribution >= 0.6 is 0 Å². The number of nitrogens with two attached hydrogens (primary N) is 2. The molecule has 1 aliphatic rings. The van der Waals surface area contributed by atoms with Gasteiger partial charge in [0.05, 0.1) is 0 Å². The summed E-state index contributed by atoms with van der Waals surface area (Å²) < 4.78 is 5.81. The second kappa shape index (κ2) is 7.38. The van der Waals surface area contributed by atoms with Gasteiger partial charge >= 0.3 is 0 Å². The number of nitrogen functional groups attached to an aromatic ring is 2. The van der Waals surface area contributed by atoms with Gasteiger partial charge in [-0.1, -0.05) is 12.1 Å². The highest BCUT2D eigenvalue weighted by Gasteiger charge is 2.21. The molecular weight excluding hydrogens is 286 g/mol. The van der Waals surface area contributed by atoms with Crippen molar-refractivity contribution >= 4 is 11.4 Å². The number of ether oxygens (including phenoxy) is 1. The average molecular weight is 311 g/mol. The molecule has 3 rings (SSSR count). The van der Waals surface area contributed by atoms with E-state index in [-0.39, 0.29) is 0 Å². The molecule has 0 amide bonds. The van der Waals surface area contributed by atoms with E-state index in [1.54, 1.807) is 0 Å². The van der Waals surface area contributed by atoms with Crippen molar-refractivity contribution < 1.29 is 4.74 Å². The SMILES string of the molecule is Nc1ccc(OCCN2CCCC(c3ccc(N)cc3)C2)cc1. The van der Waals surface area contributed by atoms with Crippen molar-refractivity contribution in [3.05, 3.63) is 54.1 Å². The van der Waals surface area contributed by atoms with Crippen molar-refractivity contribution in [1.82, 2.24) is 4.90 Å². The molecule has 0 radical (unpaired) electrons. The lowest BCUT2D eigenvalue weighted by Crippen LogP contribution is -2.37. The van der Waals surface area contributed by atoms with Crippen LogP contribution in [0.2, 0.25) is 0 Å². The number of hydrogen-bond donors (Lipinski definition) is 2. The van der Waals surface area contributed by atoms with Crippen LogP contribution in [-0.4, -0.2) is 31.1 Å². The highest BCUT2D eigenvalue weighted by molar-refractivity contribution is 5.41. The molecule has 0 spiro atoms. The minimum Gasteiger partial charge on any atom is -0.492 e. The van der Waals surface area contributed by atoms with Crippen LogP contribution in [0.3, 0.4) is 0 Å². The van der Waals surface area contributed by atoms with Gasteiger partial charge < -0.3 is 16.2 Å². The molecule has 2 aromatic rings. The van der Waals surface area contributed by atoms with Crippen molar-refractivity contribution in [2.24, 2.45) is 0 Å². The van der Waals surface area contributed by atoms with Crippen molar-refractivity contribution in [3.63, 3.8) is 0 Å². The smallest absolute Gasteiger partial charge is 0.119 e. The number of hydrogen-bond acceptors (Lipinski definition) is 4. The van der Waals surface area contributed by atoms with Crippen LogP contribution in [0.4, 0.5) is 11.4 Å². The van der Waals surface area contributed by atoms with Crippen LogP contribution in [0.1, 0.15) is 24.3 Å². The zero-order valence-electron chi connectivity index (χ0n) is 13.4. The van der Waals surface area contributed by atoms with Crippen LogP contribution in [0, 0.1) is 0 Å². The van der Waals surface area contributed by atoms with Gasteiger partial charge in [0, 0.05) is 24.5 Å². The van der Waals surface area contributed by atoms with Crippen molar-refractivity contribution in [3.8, 4) is 5.75 Å². The molecule has 23 heavy (non-hydrogen) atoms. The van der Waals surface area contributed by atoms with Crippen LogP contribution in [0.5, 0.6) is 5.75 Å². The fraction of sp³-hybridized carbons (Fsp3) is 0.368. The molecule has 2 aromatic carbocycles. The zero-order chi connectivity index (χ0) is 16.1. The quantitative estimate of drug-likeness (QED) is 0.833. The largest absolute Gasteiger partial charge is 0.492 e. The van der Waals surface area contributed by atoms with Crippen LogP contribution < -0.4 is 16.2 Å². The number of piperidine rings is 1. The number of likely N-dealkylation sites (tertiary alicyclic amines) is 1. The first-order valence-corrected chi connectivity index (χ1v) is 8.27. The molecule has 122 valence electrons. The minimum absolute atomic E-state index is 0.598. The predicted octanol–water partition coefficient (Wildman–Crippen LogP) is 3.11. The molecule has 0 bridgehead atoms. The first-order chi connectivity index (χ1) is 11.2. The summed E-state index contributed by atoms with van der Waals surface area (Å²) in [4.78, 5) is 2.49. The topological polar surface area (TPSA) is 64.5 Å². The highest BCUT2D eigenvalue weighted by Crippen LogP contribution is 2.27. The fourth-order valence-corrected chi connectivity index (χ4v) is 3.16. The third-order valence-electron chi connectivity index (χ3n) is 4.47. The Labute approximate surface area is 138 Å². The Morgan fingerprint density at radius 3 is 2.30 bits per heavy atom. The van der Waals surface area contributed by atoms with Gasteiger partial charge in [-0.15, -0.1) is 0 Å². The summed E-state index contributed by atoms with van der Waals surface area (Å²) in [6, 6.07) is 15.9. The Morgan fingerprint density at radius 2 is 1.61 bits per heavy atom. The van der Waals surface area contributed by atoms with E-state index in [2.05, 4.69) is 17.0 Å². The summed E-state index contributed by atoms with van der Waals surface area (Å²) in [6.45, 7) is 3.90. The summed E-state index contributed by atoms with van der Waals surface area (Å²) in [6.07, 6.45) is 2.48. The Bertz CT molecular complexity index is 610. The maximum absolute atomic E-state index is 5.81. The van der Waals surface area contributed by atoms with Crippen LogP contribution in [-0.2, 0) is 0 Å². The molecule has 4 nitrogen and oxygen atoms in total. The first kappa shape index (κ1) is 15.7. The minimum atomic E-state index is 0.598. The first-order valence-electron chi connectivity index (χ1n) is 8.27. The average Bonchev–Trinajstić information content (AvgIpc) is 2.58. The number of anilines is 2. The second-order valence-electron chi connectivity index (χ2n) is 6.22. The van der Waals surface area contributed by atoms with Gasteiger partial charge in [0.15, 0.2) is 0 Å². The molecule has 0 aliphatic carbocycles. The van der Waals surface area contributed by atoms with Crippen molar-refractivity contribution in [2.45, 2.75) is 18.8 Å². The summed E-state index contributed by atoms with van der Waals surface area (Å²) in [5, 5.41) is 0. The molecule has 0 saturated carbocycles. The van der Waals surface area contributed by atoms with E-state index < -0.39 is 0 Å². The molecule has 1 unspecified atom stereocenters. The van der Waals surface area contributed by atoms with E-state index in [4.69, 9.17) is 16.2 Å². The summed E-state index contributed by atoms with van der Waals surface area (Å²) >= 11 is 0. The molecule has 4 heteroatoms. The zero-order valence-corrected chi connectivity index (χ0v) is 13.4. The van der Waals surface area contributed by atoms with Crippen molar-refractivity contribution in [2.75, 3.05) is 37.7 Å². The number of benzene rings is 2. The van der Waals surface area contributed by atoms with Gasteiger partial charge in [-0.2, -0.15) is 0 Å². The third-order valence-corrected chi connectivity index (χ3v) is 4.47. The Morgan fingerprint density at radius 1 is 0.957 bits per heavy atom. The van der Waals surface area contributed by atoms with E-state index in [9.17, 15) is 0 Å². The molecule has 1 saturated heterocycles. The lowest BCUT2D eigenvalue weighted by molar-refractivity contribution is 0.170. The Kier molecular flexibility index (Phi) is 5.03. The number of rotatable bonds is 5. The van der Waals surface area contributed by atoms with Crippen LogP contribution in [0.25, 0.3) is 0 Å². The van der Waals surface area contributed by atoms with Gasteiger partial charge in [0.25, 0.3) is 0 Å². The van der Waals surface area contributed by atoms with E-state index in [1.165, 1.54) is 18.4 Å². The van der Waals surface area contributed by atoms with Gasteiger partial charge in [-0.3, -0.25) is 4.90 Å². The molecule has 1 aliphatic heterocycles. The van der Waals surface area contributed by atoms with E-state index in [1.807, 2.05) is 36.4 Å². The summed E-state index contributed by atoms with van der Waals surface area (Å²) in [7, 11) is 0. The van der Waals surface area contributed by atoms with E-state index in [0.717, 1.165) is 36.8 Å². The van der Waals surface area contributed by atoms with Gasteiger partial charge in [0.1, 0.15) is 12.4 Å². The molecule has 1 atom stereocenters. The second-order valence-corrected chi connectivity index (χ2v) is 6.22. The standard InChI is InChI=1S/C19H25N3O/c20-17-5-3-15(4-6-17)16-2-1-11-22(14-16)12-13-23-19-9-7-18(21)8-10-19/h3-10,16H,1-2,11-14,20-21H2. The van der Waals surface area contributed by atoms with Gasteiger partial charge in [0.2, 0.25) is 0 Å². The normalized spacial score (nSPS) is 18.7. The summed E-state index contributed by atoms with van der Waals surface area (Å²) in [5.74, 6) is 1.48. The monoisotopic (exact) mass is 311 g/mol. The maximum Gasteiger partial charge on any atom is 0.119 e. The highest BCUT2D eigenvalue weighted by atomic mass is 16.5. The Hall–Kier alpha value is -2.20. The maximum atomic E-state index is 5.81. The summed E-state index contributed by atoms with van der Waals surface area (Å²) in [5.41, 5.74) is 14.4. The lowest BCUT2D eigenvalue weighted by atomic mass is 9.90. The van der Waals surface area contributed by atoms with E-state index >= 15 is 0 Å². The van der Waals surface area contributed by atoms with Crippen LogP contribution in [0.15, 0.2) is 48.5 Å². The molecule has 0 aromatic heterocycles. The molecule has 1 fully saturated rings. The lowest BCUT2D eigenvalue weighted by Gasteiger charge is -2.32. The number of nitrogens with zero attached hydrogens (tertiary/aromatic N) is 1. The fourth-order valence-electron chi connectivity index (χ4n) is 3.16. The van der Waals surface area contributed by atoms with Gasteiger partial charge in [-0.25, -0.2) is 0 Å². The Balaban J connectivity index is 1.48. The molecular formula is C19H25N3O. The molecule has 1 heterocycles. The van der Waals surface area contributed by atoms with Gasteiger partial charge in [-0.05, 0) is 67.3 Å². The predicted molar refractivity (Wildman–Crippen MR) is 95.6 cm³/mol. The van der Waals surface area contributed by atoms with Crippen molar-refractivity contribution in [1.29, 1.82) is 0 Å². The van der Waals surface area contributed by atoms with E-state index in [0.29, 0.717) is 12.5 Å².